The largest absolute Gasteiger partial charge is 0.369 e. The van der Waals surface area contributed by atoms with Crippen LogP contribution in [0.15, 0.2) is 10.1 Å². The maximum atomic E-state index is 8.16. The van der Waals surface area contributed by atoms with Crippen LogP contribution in [-0.2, 0) is 0 Å². The standard InChI is InChI=1S/C8H13N5/c9-13-10-5-8-11-6-3-1-2-4-7(6)12-8/h6-7H,1-5H2,(H,11,12). The Morgan fingerprint density at radius 3 is 3.15 bits per heavy atom. The van der Waals surface area contributed by atoms with Crippen LogP contribution in [0.25, 0.3) is 10.4 Å². The zero-order chi connectivity index (χ0) is 9.10. The molecule has 2 unspecified atom stereocenters. The summed E-state index contributed by atoms with van der Waals surface area (Å²) in [5, 5.41) is 6.81. The van der Waals surface area contributed by atoms with Gasteiger partial charge in [-0.3, -0.25) is 4.99 Å². The first-order chi connectivity index (χ1) is 6.40. The van der Waals surface area contributed by atoms with Gasteiger partial charge in [-0.2, -0.15) is 0 Å². The minimum absolute atomic E-state index is 0.378. The molecule has 0 spiro atoms. The summed E-state index contributed by atoms with van der Waals surface area (Å²) in [6.07, 6.45) is 4.95. The van der Waals surface area contributed by atoms with Crippen LogP contribution in [0, 0.1) is 0 Å². The van der Waals surface area contributed by atoms with E-state index in [4.69, 9.17) is 5.53 Å². The Bertz CT molecular complexity index is 266. The molecule has 1 fully saturated rings. The number of hydrogen-bond acceptors (Lipinski definition) is 3. The fourth-order valence-electron chi connectivity index (χ4n) is 2.07. The fourth-order valence-corrected chi connectivity index (χ4v) is 2.07. The number of fused-ring (bicyclic) bond motifs is 1. The fraction of sp³-hybridized carbons (Fsp3) is 0.875. The lowest BCUT2D eigenvalue weighted by molar-refractivity contribution is 0.384. The molecular formula is C8H13N5. The van der Waals surface area contributed by atoms with Crippen molar-refractivity contribution >= 4 is 5.84 Å². The normalized spacial score (nSPS) is 31.2. The highest BCUT2D eigenvalue weighted by atomic mass is 15.2. The molecule has 0 aromatic heterocycles. The van der Waals surface area contributed by atoms with Crippen LogP contribution in [-0.4, -0.2) is 24.5 Å². The Balaban J connectivity index is 1.96. The summed E-state index contributed by atoms with van der Waals surface area (Å²) < 4.78 is 0. The molecule has 1 aliphatic carbocycles. The molecule has 1 heterocycles. The van der Waals surface area contributed by atoms with Crippen molar-refractivity contribution in [1.29, 1.82) is 0 Å². The van der Waals surface area contributed by atoms with Crippen LogP contribution < -0.4 is 5.32 Å². The molecule has 5 heteroatoms. The van der Waals surface area contributed by atoms with Gasteiger partial charge in [-0.25, -0.2) is 0 Å². The zero-order valence-corrected chi connectivity index (χ0v) is 7.48. The molecule has 0 aromatic carbocycles. The molecule has 5 nitrogen and oxygen atoms in total. The number of aliphatic imine (C=N–C) groups is 1. The van der Waals surface area contributed by atoms with E-state index in [2.05, 4.69) is 20.3 Å². The number of amidine groups is 1. The Kier molecular flexibility index (Phi) is 2.36. The van der Waals surface area contributed by atoms with Crippen molar-refractivity contribution in [3.8, 4) is 0 Å². The van der Waals surface area contributed by atoms with Crippen molar-refractivity contribution in [2.24, 2.45) is 10.1 Å². The van der Waals surface area contributed by atoms with Crippen LogP contribution in [0.5, 0.6) is 0 Å². The molecule has 0 amide bonds. The third-order valence-corrected chi connectivity index (χ3v) is 2.69. The molecule has 13 heavy (non-hydrogen) atoms. The van der Waals surface area contributed by atoms with Gasteiger partial charge in [-0.05, 0) is 18.4 Å². The van der Waals surface area contributed by atoms with E-state index in [1.54, 1.807) is 0 Å². The van der Waals surface area contributed by atoms with Crippen LogP contribution in [0.1, 0.15) is 25.7 Å². The van der Waals surface area contributed by atoms with Crippen LogP contribution in [0.4, 0.5) is 0 Å². The second-order valence-corrected chi connectivity index (χ2v) is 3.57. The zero-order valence-electron chi connectivity index (χ0n) is 7.48. The molecule has 1 saturated carbocycles. The van der Waals surface area contributed by atoms with Gasteiger partial charge in [0.05, 0.1) is 12.6 Å². The summed E-state index contributed by atoms with van der Waals surface area (Å²) in [5.74, 6) is 0.870. The van der Waals surface area contributed by atoms with Crippen molar-refractivity contribution < 1.29 is 0 Å². The molecule has 0 radical (unpaired) electrons. The minimum Gasteiger partial charge on any atom is -0.369 e. The van der Waals surface area contributed by atoms with Gasteiger partial charge < -0.3 is 5.32 Å². The van der Waals surface area contributed by atoms with Crippen molar-refractivity contribution in [2.75, 3.05) is 6.54 Å². The van der Waals surface area contributed by atoms with Crippen LogP contribution >= 0.6 is 0 Å². The van der Waals surface area contributed by atoms with Crippen molar-refractivity contribution in [3.05, 3.63) is 10.4 Å². The average Bonchev–Trinajstić information content (AvgIpc) is 2.57. The highest BCUT2D eigenvalue weighted by Gasteiger charge is 2.29. The second-order valence-electron chi connectivity index (χ2n) is 3.57. The third-order valence-electron chi connectivity index (χ3n) is 2.69. The van der Waals surface area contributed by atoms with E-state index in [1.807, 2.05) is 0 Å². The maximum Gasteiger partial charge on any atom is 0.103 e. The molecule has 70 valence electrons. The quantitative estimate of drug-likeness (QED) is 0.390. The van der Waals surface area contributed by atoms with Gasteiger partial charge in [0, 0.05) is 11.0 Å². The Morgan fingerprint density at radius 1 is 1.54 bits per heavy atom. The lowest BCUT2D eigenvalue weighted by Gasteiger charge is -2.23. The smallest absolute Gasteiger partial charge is 0.103 e. The van der Waals surface area contributed by atoms with E-state index in [0.717, 1.165) is 5.84 Å². The first kappa shape index (κ1) is 8.38. The number of rotatable bonds is 2. The van der Waals surface area contributed by atoms with E-state index in [9.17, 15) is 0 Å². The lowest BCUT2D eigenvalue weighted by atomic mass is 9.92. The summed E-state index contributed by atoms with van der Waals surface area (Å²) >= 11 is 0. The molecule has 0 aromatic rings. The molecule has 1 aliphatic heterocycles. The highest BCUT2D eigenvalue weighted by Crippen LogP contribution is 2.24. The van der Waals surface area contributed by atoms with E-state index in [0.29, 0.717) is 18.6 Å². The maximum absolute atomic E-state index is 8.16. The molecule has 2 rings (SSSR count). The lowest BCUT2D eigenvalue weighted by Crippen LogP contribution is -2.37. The van der Waals surface area contributed by atoms with Gasteiger partial charge in [0.15, 0.2) is 0 Å². The summed E-state index contributed by atoms with van der Waals surface area (Å²) in [4.78, 5) is 7.21. The second kappa shape index (κ2) is 3.66. The van der Waals surface area contributed by atoms with E-state index < -0.39 is 0 Å². The Hall–Kier alpha value is -1.22. The van der Waals surface area contributed by atoms with Crippen molar-refractivity contribution in [1.82, 2.24) is 5.32 Å². The first-order valence-electron chi connectivity index (χ1n) is 4.74. The minimum atomic E-state index is 0.378. The first-order valence-corrected chi connectivity index (χ1v) is 4.74. The van der Waals surface area contributed by atoms with Crippen molar-refractivity contribution in [3.63, 3.8) is 0 Å². The monoisotopic (exact) mass is 179 g/mol. The predicted octanol–water partition coefficient (Wildman–Crippen LogP) is 1.61. The molecule has 2 aliphatic rings. The number of nitrogens with one attached hydrogen (secondary N) is 1. The molecule has 2 atom stereocenters. The van der Waals surface area contributed by atoms with Gasteiger partial charge in [0.25, 0.3) is 0 Å². The number of hydrogen-bond donors (Lipinski definition) is 1. The number of nitrogens with zero attached hydrogens (tertiary/aromatic N) is 4. The third kappa shape index (κ3) is 1.75. The highest BCUT2D eigenvalue weighted by molar-refractivity contribution is 5.86. The van der Waals surface area contributed by atoms with Gasteiger partial charge in [0.1, 0.15) is 5.84 Å². The molecule has 0 saturated heterocycles. The summed E-state index contributed by atoms with van der Waals surface area (Å²) in [7, 11) is 0. The van der Waals surface area contributed by atoms with Crippen molar-refractivity contribution in [2.45, 2.75) is 37.8 Å². The molecular weight excluding hydrogens is 166 g/mol. The Morgan fingerprint density at radius 2 is 2.38 bits per heavy atom. The topological polar surface area (TPSA) is 73.2 Å². The van der Waals surface area contributed by atoms with E-state index >= 15 is 0 Å². The number of azide groups is 1. The van der Waals surface area contributed by atoms with Gasteiger partial charge in [-0.1, -0.05) is 18.0 Å². The van der Waals surface area contributed by atoms with Crippen LogP contribution in [0.2, 0.25) is 0 Å². The SMILES string of the molecule is [N-]=[N+]=NCC1=NC2CCCCC2N1. The van der Waals surface area contributed by atoms with Gasteiger partial charge in [0.2, 0.25) is 0 Å². The summed E-state index contributed by atoms with van der Waals surface area (Å²) in [6.45, 7) is 0.378. The van der Waals surface area contributed by atoms with E-state index in [-0.39, 0.29) is 0 Å². The molecule has 0 bridgehead atoms. The average molecular weight is 179 g/mol. The summed E-state index contributed by atoms with van der Waals surface area (Å²) in [5.41, 5.74) is 8.16. The van der Waals surface area contributed by atoms with Crippen LogP contribution in [0.3, 0.4) is 0 Å². The van der Waals surface area contributed by atoms with E-state index in [1.165, 1.54) is 25.7 Å². The molecule has 1 N–H and O–H groups in total. The summed E-state index contributed by atoms with van der Waals surface area (Å²) in [6, 6.07) is 0.954. The predicted molar refractivity (Wildman–Crippen MR) is 50.6 cm³/mol. The van der Waals surface area contributed by atoms with Gasteiger partial charge in [-0.15, -0.1) is 0 Å². The Labute approximate surface area is 76.9 Å². The van der Waals surface area contributed by atoms with Gasteiger partial charge >= 0.3 is 0 Å².